The Hall–Kier alpha value is -3.19. The molecule has 2 heterocycles. The summed E-state index contributed by atoms with van der Waals surface area (Å²) in [5, 5.41) is 4.65. The number of pyridine rings is 1. The van der Waals surface area contributed by atoms with Crippen LogP contribution in [0.15, 0.2) is 50.4 Å². The van der Waals surface area contributed by atoms with Gasteiger partial charge in [0.2, 0.25) is 0 Å². The van der Waals surface area contributed by atoms with Crippen LogP contribution < -0.4 is 21.4 Å². The number of aryl methyl sites for hydroxylation is 1. The highest BCUT2D eigenvalue weighted by molar-refractivity contribution is 6.31. The first kappa shape index (κ1) is 17.2. The van der Waals surface area contributed by atoms with E-state index >= 15 is 0 Å². The van der Waals surface area contributed by atoms with E-state index in [-0.39, 0.29) is 12.1 Å². The van der Waals surface area contributed by atoms with Crippen molar-refractivity contribution in [2.45, 2.75) is 6.54 Å². The van der Waals surface area contributed by atoms with E-state index in [0.717, 1.165) is 10.9 Å². The Morgan fingerprint density at radius 3 is 2.81 bits per heavy atom. The van der Waals surface area contributed by atoms with E-state index in [1.54, 1.807) is 43.4 Å². The number of hydrogen-bond acceptors (Lipinski definition) is 5. The molecule has 2 aromatic carbocycles. The van der Waals surface area contributed by atoms with E-state index in [9.17, 15) is 9.59 Å². The quantitative estimate of drug-likeness (QED) is 0.563. The molecule has 0 aliphatic carbocycles. The molecule has 7 nitrogen and oxygen atoms in total. The van der Waals surface area contributed by atoms with E-state index in [4.69, 9.17) is 20.8 Å². The third-order valence-corrected chi connectivity index (χ3v) is 4.68. The number of nitrogens with one attached hydrogen (secondary N) is 2. The average Bonchev–Trinajstić information content (AvgIpc) is 2.94. The van der Waals surface area contributed by atoms with Crippen molar-refractivity contribution in [1.82, 2.24) is 9.55 Å². The Morgan fingerprint density at radius 2 is 2.04 bits per heavy atom. The first-order valence-corrected chi connectivity index (χ1v) is 8.57. The number of aromatic nitrogens is 2. The highest BCUT2D eigenvalue weighted by atomic mass is 35.5. The monoisotopic (exact) mass is 385 g/mol. The zero-order chi connectivity index (χ0) is 19.1. The van der Waals surface area contributed by atoms with Gasteiger partial charge in [0.25, 0.3) is 5.56 Å². The fraction of sp³-hybridized carbons (Fsp3) is 0.158. The van der Waals surface area contributed by atoms with Gasteiger partial charge in [-0.25, -0.2) is 4.79 Å². The maximum absolute atomic E-state index is 12.3. The number of rotatable bonds is 4. The minimum absolute atomic E-state index is 0.180. The highest BCUT2D eigenvalue weighted by Crippen LogP contribution is 2.29. The lowest BCUT2D eigenvalue weighted by Gasteiger charge is -2.09. The molecule has 0 radical (unpaired) electrons. The Bertz CT molecular complexity index is 1290. The molecule has 138 valence electrons. The van der Waals surface area contributed by atoms with Gasteiger partial charge in [-0.2, -0.15) is 0 Å². The van der Waals surface area contributed by atoms with E-state index in [0.29, 0.717) is 33.1 Å². The molecule has 0 fully saturated rings. The number of H-pyrrole nitrogens is 1. The van der Waals surface area contributed by atoms with Crippen LogP contribution in [0.25, 0.3) is 22.0 Å². The molecule has 0 spiro atoms. The topological polar surface area (TPSA) is 89.3 Å². The van der Waals surface area contributed by atoms with Crippen molar-refractivity contribution >= 4 is 39.3 Å². The van der Waals surface area contributed by atoms with Crippen LogP contribution in [0, 0.1) is 0 Å². The molecule has 0 aliphatic rings. The van der Waals surface area contributed by atoms with Crippen molar-refractivity contribution in [2.24, 2.45) is 7.05 Å². The summed E-state index contributed by atoms with van der Waals surface area (Å²) in [6, 6.07) is 10.6. The van der Waals surface area contributed by atoms with Crippen LogP contribution in [0.2, 0.25) is 5.02 Å². The number of halogens is 1. The van der Waals surface area contributed by atoms with Gasteiger partial charge in [0.05, 0.1) is 12.6 Å². The van der Waals surface area contributed by atoms with E-state index in [1.807, 2.05) is 0 Å². The number of hydrogen-bond donors (Lipinski definition) is 2. The smallest absolute Gasteiger partial charge is 0.419 e. The Kier molecular flexibility index (Phi) is 4.16. The first-order chi connectivity index (χ1) is 13.0. The van der Waals surface area contributed by atoms with Crippen molar-refractivity contribution in [2.75, 3.05) is 12.4 Å². The predicted octanol–water partition coefficient (Wildman–Crippen LogP) is 3.25. The summed E-state index contributed by atoms with van der Waals surface area (Å²) in [5.74, 6) is -0.0322. The highest BCUT2D eigenvalue weighted by Gasteiger charge is 2.13. The first-order valence-electron chi connectivity index (χ1n) is 8.19. The maximum Gasteiger partial charge on any atom is 0.419 e. The molecule has 0 saturated heterocycles. The van der Waals surface area contributed by atoms with Crippen molar-refractivity contribution < 1.29 is 9.15 Å². The molecule has 0 bridgehead atoms. The summed E-state index contributed by atoms with van der Waals surface area (Å²) in [6.07, 6.45) is 0. The van der Waals surface area contributed by atoms with Gasteiger partial charge in [0.1, 0.15) is 0 Å². The number of nitrogens with zero attached hydrogens (tertiary/aromatic N) is 1. The van der Waals surface area contributed by atoms with Gasteiger partial charge in [-0.05, 0) is 30.3 Å². The second-order valence-corrected chi connectivity index (χ2v) is 6.60. The number of anilines is 1. The van der Waals surface area contributed by atoms with E-state index in [2.05, 4.69) is 10.3 Å². The molecular formula is C19H16ClN3O4. The van der Waals surface area contributed by atoms with Crippen LogP contribution in [0.5, 0.6) is 5.75 Å². The molecule has 0 saturated carbocycles. The molecule has 27 heavy (non-hydrogen) atoms. The zero-order valence-electron chi connectivity index (χ0n) is 14.6. The van der Waals surface area contributed by atoms with Crippen LogP contribution in [0.1, 0.15) is 5.56 Å². The fourth-order valence-electron chi connectivity index (χ4n) is 3.00. The maximum atomic E-state index is 12.3. The van der Waals surface area contributed by atoms with Crippen LogP contribution in [0.4, 0.5) is 5.69 Å². The molecule has 0 unspecified atom stereocenters. The Balaban J connectivity index is 1.70. The standard InChI is InChI=1S/C19H16ClN3O4/c1-23-15-7-13(8-16(26-2)17(15)27-19(23)25)21-9-11-5-10-6-12(20)3-4-14(10)22-18(11)24/h3-8,21H,9H2,1-2H3,(H,22,24). The fourth-order valence-corrected chi connectivity index (χ4v) is 3.18. The molecular weight excluding hydrogens is 370 g/mol. The largest absolute Gasteiger partial charge is 0.493 e. The summed E-state index contributed by atoms with van der Waals surface area (Å²) < 4.78 is 11.9. The lowest BCUT2D eigenvalue weighted by Crippen LogP contribution is -2.15. The molecule has 4 aromatic rings. The third kappa shape index (κ3) is 3.06. The van der Waals surface area contributed by atoms with Crippen LogP contribution >= 0.6 is 11.6 Å². The van der Waals surface area contributed by atoms with Gasteiger partial charge in [-0.15, -0.1) is 0 Å². The summed E-state index contributed by atoms with van der Waals surface area (Å²) in [6.45, 7) is 0.290. The molecule has 0 atom stereocenters. The van der Waals surface area contributed by atoms with E-state index in [1.165, 1.54) is 11.7 Å². The second kappa shape index (κ2) is 6.51. The molecule has 0 amide bonds. The lowest BCUT2D eigenvalue weighted by molar-refractivity contribution is 0.407. The van der Waals surface area contributed by atoms with Crippen molar-refractivity contribution in [3.63, 3.8) is 0 Å². The molecule has 8 heteroatoms. The average molecular weight is 386 g/mol. The van der Waals surface area contributed by atoms with Gasteiger partial charge in [-0.3, -0.25) is 9.36 Å². The SMILES string of the molecule is COc1cc(NCc2cc3cc(Cl)ccc3[nH]c2=O)cc2c1oc(=O)n2C. The summed E-state index contributed by atoms with van der Waals surface area (Å²) >= 11 is 6.03. The normalized spacial score (nSPS) is 11.2. The van der Waals surface area contributed by atoms with Crippen molar-refractivity contribution in [1.29, 1.82) is 0 Å². The number of benzene rings is 2. The molecule has 2 aromatic heterocycles. The summed E-state index contributed by atoms with van der Waals surface area (Å²) in [7, 11) is 3.12. The van der Waals surface area contributed by atoms with E-state index < -0.39 is 5.76 Å². The number of methoxy groups -OCH3 is 1. The molecule has 0 aliphatic heterocycles. The number of ether oxygens (including phenoxy) is 1. The van der Waals surface area contributed by atoms with Crippen LogP contribution in [-0.4, -0.2) is 16.7 Å². The van der Waals surface area contributed by atoms with Gasteiger partial charge < -0.3 is 19.5 Å². The summed E-state index contributed by atoms with van der Waals surface area (Å²) in [4.78, 5) is 26.9. The summed E-state index contributed by atoms with van der Waals surface area (Å²) in [5.41, 5.74) is 2.78. The van der Waals surface area contributed by atoms with Crippen LogP contribution in [0.3, 0.4) is 0 Å². The van der Waals surface area contributed by atoms with Crippen molar-refractivity contribution in [3.05, 3.63) is 67.9 Å². The minimum atomic E-state index is -0.469. The Labute approximate surface area is 158 Å². The molecule has 4 rings (SSSR count). The third-order valence-electron chi connectivity index (χ3n) is 4.45. The van der Waals surface area contributed by atoms with Gasteiger partial charge in [0.15, 0.2) is 11.3 Å². The van der Waals surface area contributed by atoms with Crippen LogP contribution in [-0.2, 0) is 13.6 Å². The van der Waals surface area contributed by atoms with Gasteiger partial charge >= 0.3 is 5.76 Å². The van der Waals surface area contributed by atoms with Gasteiger partial charge in [-0.1, -0.05) is 11.6 Å². The number of fused-ring (bicyclic) bond motifs is 2. The number of oxazole rings is 1. The second-order valence-electron chi connectivity index (χ2n) is 6.16. The minimum Gasteiger partial charge on any atom is -0.493 e. The zero-order valence-corrected chi connectivity index (χ0v) is 15.4. The number of aromatic amines is 1. The molecule has 2 N–H and O–H groups in total. The lowest BCUT2D eigenvalue weighted by atomic mass is 10.1. The van der Waals surface area contributed by atoms with Gasteiger partial charge in [0, 0.05) is 46.8 Å². The van der Waals surface area contributed by atoms with Crippen molar-refractivity contribution in [3.8, 4) is 5.75 Å². The Morgan fingerprint density at radius 1 is 1.22 bits per heavy atom. The predicted molar refractivity (Wildman–Crippen MR) is 105 cm³/mol.